The van der Waals surface area contributed by atoms with Gasteiger partial charge in [0.15, 0.2) is 0 Å². The molecule has 0 aliphatic heterocycles. The number of rotatable bonds is 2. The highest BCUT2D eigenvalue weighted by molar-refractivity contribution is 7.99. The molecule has 0 fully saturated rings. The third kappa shape index (κ3) is 3.93. The van der Waals surface area contributed by atoms with Crippen LogP contribution in [0.4, 0.5) is 0 Å². The number of hydrogen-bond donors (Lipinski definition) is 0. The van der Waals surface area contributed by atoms with E-state index in [1.807, 2.05) is 6.21 Å². The lowest BCUT2D eigenvalue weighted by atomic mass is 10.3. The Kier molecular flexibility index (Phi) is 3.35. The Morgan fingerprint density at radius 3 is 2.75 bits per heavy atom. The van der Waals surface area contributed by atoms with E-state index in [0.29, 0.717) is 0 Å². The first kappa shape index (κ1) is 9.81. The summed E-state index contributed by atoms with van der Waals surface area (Å²) in [7, 11) is 0. The van der Waals surface area contributed by atoms with E-state index >= 15 is 0 Å². The molecule has 0 aliphatic carbocycles. The molecule has 12 heavy (non-hydrogen) atoms. The van der Waals surface area contributed by atoms with Gasteiger partial charge in [0.25, 0.3) is 0 Å². The van der Waals surface area contributed by atoms with Crippen LogP contribution in [-0.4, -0.2) is 11.0 Å². The van der Waals surface area contributed by atoms with Gasteiger partial charge in [-0.05, 0) is 49.5 Å². The lowest BCUT2D eigenvalue weighted by Crippen LogP contribution is -2.04. The normalized spacial score (nSPS) is 12.6. The van der Waals surface area contributed by atoms with Crippen molar-refractivity contribution in [3.8, 4) is 0 Å². The van der Waals surface area contributed by atoms with Crippen molar-refractivity contribution in [2.75, 3.05) is 0 Å². The van der Waals surface area contributed by atoms with Crippen LogP contribution in [-0.2, 0) is 0 Å². The fraction of sp³-hybridized carbons (Fsp3) is 0.444. The molecule has 0 saturated heterocycles. The maximum absolute atomic E-state index is 4.28. The van der Waals surface area contributed by atoms with Crippen molar-refractivity contribution in [2.45, 2.75) is 25.5 Å². The van der Waals surface area contributed by atoms with Crippen molar-refractivity contribution >= 4 is 29.5 Å². The van der Waals surface area contributed by atoms with Gasteiger partial charge in [0, 0.05) is 16.5 Å². The molecule has 0 saturated carbocycles. The van der Waals surface area contributed by atoms with Crippen molar-refractivity contribution in [3.05, 3.63) is 22.4 Å². The van der Waals surface area contributed by atoms with Crippen molar-refractivity contribution in [1.82, 2.24) is 0 Å². The summed E-state index contributed by atoms with van der Waals surface area (Å²) in [5.41, 5.74) is 1.19. The standard InChI is InChI=1S/C9H13NS2/c1-9(2,3)12-10-6-8-4-5-11-7-8/h4-7H,1-3H3/b10-6+. The van der Waals surface area contributed by atoms with Gasteiger partial charge in [-0.15, -0.1) is 0 Å². The Morgan fingerprint density at radius 1 is 1.50 bits per heavy atom. The van der Waals surface area contributed by atoms with Crippen molar-refractivity contribution in [1.29, 1.82) is 0 Å². The lowest BCUT2D eigenvalue weighted by Gasteiger charge is -2.11. The van der Waals surface area contributed by atoms with Crippen LogP contribution in [0, 0.1) is 0 Å². The lowest BCUT2D eigenvalue weighted by molar-refractivity contribution is 0.804. The summed E-state index contributed by atoms with van der Waals surface area (Å²) in [5, 5.41) is 4.15. The Hall–Kier alpha value is -0.280. The molecule has 0 spiro atoms. The molecular weight excluding hydrogens is 186 g/mol. The van der Waals surface area contributed by atoms with Crippen molar-refractivity contribution in [3.63, 3.8) is 0 Å². The van der Waals surface area contributed by atoms with E-state index in [2.05, 4.69) is 42.0 Å². The van der Waals surface area contributed by atoms with Gasteiger partial charge in [-0.2, -0.15) is 11.3 Å². The second-order valence-electron chi connectivity index (χ2n) is 3.49. The van der Waals surface area contributed by atoms with Crippen LogP contribution in [0.5, 0.6) is 0 Å². The van der Waals surface area contributed by atoms with Crippen LogP contribution in [0.2, 0.25) is 0 Å². The van der Waals surface area contributed by atoms with Crippen LogP contribution >= 0.6 is 23.3 Å². The number of nitrogens with zero attached hydrogens (tertiary/aromatic N) is 1. The molecule has 66 valence electrons. The molecule has 0 atom stereocenters. The fourth-order valence-corrected chi connectivity index (χ4v) is 1.70. The first-order chi connectivity index (χ1) is 5.58. The molecule has 0 bridgehead atoms. The monoisotopic (exact) mass is 199 g/mol. The van der Waals surface area contributed by atoms with E-state index in [9.17, 15) is 0 Å². The van der Waals surface area contributed by atoms with Crippen molar-refractivity contribution in [2.24, 2.45) is 4.40 Å². The minimum absolute atomic E-state index is 0.215. The molecule has 0 aliphatic rings. The van der Waals surface area contributed by atoms with Gasteiger partial charge in [-0.1, -0.05) is 0 Å². The summed E-state index contributed by atoms with van der Waals surface area (Å²) < 4.78 is 4.50. The topological polar surface area (TPSA) is 12.4 Å². The minimum Gasteiger partial charge on any atom is -0.223 e. The summed E-state index contributed by atoms with van der Waals surface area (Å²) in [4.78, 5) is 0. The molecule has 3 heteroatoms. The van der Waals surface area contributed by atoms with E-state index in [1.165, 1.54) is 5.56 Å². The van der Waals surface area contributed by atoms with Gasteiger partial charge in [0.2, 0.25) is 0 Å². The molecule has 1 rings (SSSR count). The molecule has 0 amide bonds. The highest BCUT2D eigenvalue weighted by Crippen LogP contribution is 2.23. The third-order valence-corrected chi connectivity index (χ3v) is 2.53. The number of thiophene rings is 1. The van der Waals surface area contributed by atoms with E-state index in [-0.39, 0.29) is 4.75 Å². The Labute approximate surface area is 82.1 Å². The molecule has 1 heterocycles. The minimum atomic E-state index is 0.215. The van der Waals surface area contributed by atoms with Crippen LogP contribution in [0.15, 0.2) is 21.2 Å². The SMILES string of the molecule is CC(C)(C)S/N=C/c1ccsc1. The summed E-state index contributed by atoms with van der Waals surface area (Å²) in [6.07, 6.45) is 1.91. The molecule has 0 aromatic carbocycles. The quantitative estimate of drug-likeness (QED) is 0.523. The molecule has 1 nitrogen and oxygen atoms in total. The van der Waals surface area contributed by atoms with Crippen molar-refractivity contribution < 1.29 is 0 Å². The predicted molar refractivity (Wildman–Crippen MR) is 59.3 cm³/mol. The zero-order valence-electron chi connectivity index (χ0n) is 7.57. The van der Waals surface area contributed by atoms with Crippen LogP contribution < -0.4 is 0 Å². The van der Waals surface area contributed by atoms with E-state index in [4.69, 9.17) is 0 Å². The molecule has 0 N–H and O–H groups in total. The third-order valence-electron chi connectivity index (χ3n) is 1.07. The second-order valence-corrected chi connectivity index (χ2v) is 5.89. The van der Waals surface area contributed by atoms with E-state index in [1.54, 1.807) is 23.3 Å². The van der Waals surface area contributed by atoms with Crippen LogP contribution in [0.3, 0.4) is 0 Å². The highest BCUT2D eigenvalue weighted by atomic mass is 32.2. The second kappa shape index (κ2) is 4.10. The molecule has 0 unspecified atom stereocenters. The molecule has 1 aromatic heterocycles. The summed E-state index contributed by atoms with van der Waals surface area (Å²) in [6, 6.07) is 2.07. The van der Waals surface area contributed by atoms with Gasteiger partial charge in [0.05, 0.1) is 0 Å². The van der Waals surface area contributed by atoms with Crippen LogP contribution in [0.25, 0.3) is 0 Å². The van der Waals surface area contributed by atoms with Gasteiger partial charge in [-0.25, -0.2) is 4.40 Å². The summed E-state index contributed by atoms with van der Waals surface area (Å²) in [5.74, 6) is 0. The maximum Gasteiger partial charge on any atom is 0.0432 e. The first-order valence-electron chi connectivity index (χ1n) is 3.82. The molecule has 0 radical (unpaired) electrons. The smallest absolute Gasteiger partial charge is 0.0432 e. The summed E-state index contributed by atoms with van der Waals surface area (Å²) in [6.45, 7) is 6.47. The Balaban J connectivity index is 2.42. The largest absolute Gasteiger partial charge is 0.223 e. The zero-order chi connectivity index (χ0) is 9.03. The highest BCUT2D eigenvalue weighted by Gasteiger charge is 2.08. The van der Waals surface area contributed by atoms with Gasteiger partial charge in [0.1, 0.15) is 0 Å². The van der Waals surface area contributed by atoms with Gasteiger partial charge >= 0.3 is 0 Å². The molecule has 1 aromatic rings. The average Bonchev–Trinajstić information content (AvgIpc) is 2.36. The van der Waals surface area contributed by atoms with Crippen LogP contribution in [0.1, 0.15) is 26.3 Å². The Bertz CT molecular complexity index is 244. The fourth-order valence-electron chi connectivity index (χ4n) is 0.594. The van der Waals surface area contributed by atoms with E-state index < -0.39 is 0 Å². The zero-order valence-corrected chi connectivity index (χ0v) is 9.21. The predicted octanol–water partition coefficient (Wildman–Crippen LogP) is 3.61. The first-order valence-corrected chi connectivity index (χ1v) is 5.53. The number of hydrogen-bond acceptors (Lipinski definition) is 3. The average molecular weight is 199 g/mol. The van der Waals surface area contributed by atoms with Gasteiger partial charge in [-0.3, -0.25) is 0 Å². The molecular formula is C9H13NS2. The van der Waals surface area contributed by atoms with Gasteiger partial charge < -0.3 is 0 Å². The van der Waals surface area contributed by atoms with E-state index in [0.717, 1.165) is 0 Å². The summed E-state index contributed by atoms with van der Waals surface area (Å²) >= 11 is 3.30. The maximum atomic E-state index is 4.28. The Morgan fingerprint density at radius 2 is 2.25 bits per heavy atom.